The van der Waals surface area contributed by atoms with Crippen LogP contribution in [0.25, 0.3) is 0 Å². The monoisotopic (exact) mass is 304 g/mol. The van der Waals surface area contributed by atoms with Crippen LogP contribution in [0.4, 0.5) is 0 Å². The molecule has 2 N–H and O–H groups in total. The van der Waals surface area contributed by atoms with Gasteiger partial charge in [-0.15, -0.1) is 0 Å². The molecule has 2 saturated heterocycles. The van der Waals surface area contributed by atoms with Crippen molar-refractivity contribution in [1.29, 1.82) is 0 Å². The van der Waals surface area contributed by atoms with Gasteiger partial charge in [-0.05, 0) is 71.0 Å². The Hall–Kier alpha value is -1.33. The smallest absolute Gasteiger partial charge is 0.267 e. The van der Waals surface area contributed by atoms with Crippen LogP contribution in [0.2, 0.25) is 0 Å². The number of aromatic amines is 1. The normalized spacial score (nSPS) is 23.3. The van der Waals surface area contributed by atoms with Crippen molar-refractivity contribution >= 4 is 5.91 Å². The van der Waals surface area contributed by atoms with Crippen molar-refractivity contribution in [2.75, 3.05) is 39.8 Å². The second kappa shape index (κ2) is 6.84. The van der Waals surface area contributed by atoms with E-state index in [0.29, 0.717) is 5.69 Å². The molecule has 5 nitrogen and oxygen atoms in total. The van der Waals surface area contributed by atoms with E-state index in [1.165, 1.54) is 32.4 Å². The lowest BCUT2D eigenvalue weighted by atomic mass is 9.84. The number of nitrogens with zero attached hydrogens (tertiary/aromatic N) is 2. The topological polar surface area (TPSA) is 51.4 Å². The first kappa shape index (κ1) is 15.6. The van der Waals surface area contributed by atoms with Gasteiger partial charge in [-0.1, -0.05) is 6.42 Å². The summed E-state index contributed by atoms with van der Waals surface area (Å²) < 4.78 is 0. The van der Waals surface area contributed by atoms with Gasteiger partial charge in [0.2, 0.25) is 0 Å². The fourth-order valence-corrected chi connectivity index (χ4v) is 3.82. The van der Waals surface area contributed by atoms with E-state index in [2.05, 4.69) is 27.1 Å². The molecule has 122 valence electrons. The number of nitrogens with one attached hydrogen (secondary N) is 2. The highest BCUT2D eigenvalue weighted by atomic mass is 16.1. The van der Waals surface area contributed by atoms with Gasteiger partial charge in [-0.3, -0.25) is 9.69 Å². The van der Waals surface area contributed by atoms with Gasteiger partial charge in [-0.2, -0.15) is 0 Å². The summed E-state index contributed by atoms with van der Waals surface area (Å²) in [5.41, 5.74) is 0.802. The number of carbonyl (C=O) groups excluding carboxylic acids is 1. The lowest BCUT2D eigenvalue weighted by Gasteiger charge is -2.50. The van der Waals surface area contributed by atoms with Gasteiger partial charge >= 0.3 is 0 Å². The number of H-pyrrole nitrogens is 1. The van der Waals surface area contributed by atoms with Crippen molar-refractivity contribution in [3.8, 4) is 0 Å². The molecule has 1 aromatic heterocycles. The lowest BCUT2D eigenvalue weighted by Crippen LogP contribution is -2.61. The molecule has 0 atom stereocenters. The Bertz CT molecular complexity index is 471. The SMILES string of the molecule is CN1CCC(CNC(=O)c2ccc[nH]2)(N2CCCCC2)CC1. The first-order chi connectivity index (χ1) is 10.7. The van der Waals surface area contributed by atoms with Crippen LogP contribution >= 0.6 is 0 Å². The fraction of sp³-hybridized carbons (Fsp3) is 0.706. The Kier molecular flexibility index (Phi) is 4.84. The second-order valence-corrected chi connectivity index (χ2v) is 6.84. The summed E-state index contributed by atoms with van der Waals surface area (Å²) in [5.74, 6) is 0.0142. The lowest BCUT2D eigenvalue weighted by molar-refractivity contribution is 0.0145. The Morgan fingerprint density at radius 1 is 1.23 bits per heavy atom. The van der Waals surface area contributed by atoms with Gasteiger partial charge in [0.25, 0.3) is 5.91 Å². The molecule has 0 unspecified atom stereocenters. The molecule has 0 radical (unpaired) electrons. The van der Waals surface area contributed by atoms with Gasteiger partial charge in [0.1, 0.15) is 5.69 Å². The van der Waals surface area contributed by atoms with Crippen LogP contribution in [0.5, 0.6) is 0 Å². The summed E-state index contributed by atoms with van der Waals surface area (Å²) in [7, 11) is 2.19. The van der Waals surface area contributed by atoms with E-state index in [-0.39, 0.29) is 11.4 Å². The van der Waals surface area contributed by atoms with Crippen molar-refractivity contribution in [2.24, 2.45) is 0 Å². The van der Waals surface area contributed by atoms with Crippen molar-refractivity contribution in [2.45, 2.75) is 37.6 Å². The van der Waals surface area contributed by atoms with Crippen molar-refractivity contribution in [3.05, 3.63) is 24.0 Å². The Morgan fingerprint density at radius 3 is 2.59 bits per heavy atom. The standard InChI is InChI=1S/C17H28N4O/c1-20-12-7-17(8-13-20,21-10-3-2-4-11-21)14-19-16(22)15-6-5-9-18-15/h5-6,9,18H,2-4,7-8,10-14H2,1H3,(H,19,22). The number of carbonyl (C=O) groups is 1. The molecule has 2 fully saturated rings. The molecule has 2 aliphatic rings. The Balaban J connectivity index is 1.67. The average Bonchev–Trinajstić information content (AvgIpc) is 3.10. The maximum absolute atomic E-state index is 12.3. The van der Waals surface area contributed by atoms with Crippen LogP contribution < -0.4 is 5.32 Å². The molecule has 2 aliphatic heterocycles. The van der Waals surface area contributed by atoms with Crippen molar-refractivity contribution < 1.29 is 4.79 Å². The van der Waals surface area contributed by atoms with Crippen LogP contribution in [-0.4, -0.2) is 66.0 Å². The number of aromatic nitrogens is 1. The third-order valence-corrected chi connectivity index (χ3v) is 5.37. The minimum atomic E-state index is 0.0142. The molecule has 22 heavy (non-hydrogen) atoms. The number of rotatable bonds is 4. The molecular formula is C17H28N4O. The van der Waals surface area contributed by atoms with E-state index in [4.69, 9.17) is 0 Å². The highest BCUT2D eigenvalue weighted by Crippen LogP contribution is 2.30. The van der Waals surface area contributed by atoms with Crippen LogP contribution in [0, 0.1) is 0 Å². The van der Waals surface area contributed by atoms with Crippen LogP contribution in [0.15, 0.2) is 18.3 Å². The predicted octanol–water partition coefficient (Wildman–Crippen LogP) is 1.69. The van der Waals surface area contributed by atoms with E-state index in [9.17, 15) is 4.79 Å². The molecule has 5 heteroatoms. The summed E-state index contributed by atoms with van der Waals surface area (Å²) in [6.45, 7) is 5.37. The van der Waals surface area contributed by atoms with Gasteiger partial charge in [0.15, 0.2) is 0 Å². The maximum Gasteiger partial charge on any atom is 0.267 e. The summed E-state index contributed by atoms with van der Waals surface area (Å²) >= 11 is 0. The van der Waals surface area contributed by atoms with Gasteiger partial charge in [-0.25, -0.2) is 0 Å². The largest absolute Gasteiger partial charge is 0.357 e. The quantitative estimate of drug-likeness (QED) is 0.890. The molecule has 0 spiro atoms. The van der Waals surface area contributed by atoms with Crippen molar-refractivity contribution in [3.63, 3.8) is 0 Å². The van der Waals surface area contributed by atoms with Gasteiger partial charge < -0.3 is 15.2 Å². The number of piperidine rings is 2. The molecule has 0 bridgehead atoms. The number of hydrogen-bond acceptors (Lipinski definition) is 3. The van der Waals surface area contributed by atoms with Crippen LogP contribution in [0.3, 0.4) is 0 Å². The zero-order valence-electron chi connectivity index (χ0n) is 13.6. The summed E-state index contributed by atoms with van der Waals surface area (Å²) in [6, 6.07) is 3.70. The molecule has 3 heterocycles. The van der Waals surface area contributed by atoms with Crippen LogP contribution in [-0.2, 0) is 0 Å². The first-order valence-corrected chi connectivity index (χ1v) is 8.55. The first-order valence-electron chi connectivity index (χ1n) is 8.55. The number of amides is 1. The van der Waals surface area contributed by atoms with E-state index in [1.807, 2.05) is 12.1 Å². The second-order valence-electron chi connectivity index (χ2n) is 6.84. The highest BCUT2D eigenvalue weighted by molar-refractivity contribution is 5.92. The number of hydrogen-bond donors (Lipinski definition) is 2. The third kappa shape index (κ3) is 3.36. The molecule has 0 aromatic carbocycles. The minimum absolute atomic E-state index is 0.0142. The molecule has 1 aromatic rings. The third-order valence-electron chi connectivity index (χ3n) is 5.37. The predicted molar refractivity (Wildman–Crippen MR) is 88.0 cm³/mol. The summed E-state index contributed by atoms with van der Waals surface area (Å²) in [5, 5.41) is 3.18. The van der Waals surface area contributed by atoms with E-state index >= 15 is 0 Å². The molecule has 3 rings (SSSR count). The highest BCUT2D eigenvalue weighted by Gasteiger charge is 2.39. The molecule has 0 aliphatic carbocycles. The van der Waals surface area contributed by atoms with E-state index in [1.54, 1.807) is 6.20 Å². The summed E-state index contributed by atoms with van der Waals surface area (Å²) in [4.78, 5) is 20.3. The average molecular weight is 304 g/mol. The summed E-state index contributed by atoms with van der Waals surface area (Å²) in [6.07, 6.45) is 8.03. The zero-order chi connectivity index (χ0) is 15.4. The number of likely N-dealkylation sites (tertiary alicyclic amines) is 2. The Labute approximate surface area is 133 Å². The fourth-order valence-electron chi connectivity index (χ4n) is 3.82. The minimum Gasteiger partial charge on any atom is -0.357 e. The zero-order valence-corrected chi connectivity index (χ0v) is 13.6. The van der Waals surface area contributed by atoms with Gasteiger partial charge in [0, 0.05) is 18.3 Å². The molecular weight excluding hydrogens is 276 g/mol. The molecule has 0 saturated carbocycles. The van der Waals surface area contributed by atoms with E-state index in [0.717, 1.165) is 32.5 Å². The van der Waals surface area contributed by atoms with E-state index < -0.39 is 0 Å². The molecule has 1 amide bonds. The van der Waals surface area contributed by atoms with Gasteiger partial charge in [0.05, 0.1) is 0 Å². The Morgan fingerprint density at radius 2 is 1.95 bits per heavy atom. The van der Waals surface area contributed by atoms with Crippen molar-refractivity contribution in [1.82, 2.24) is 20.1 Å². The maximum atomic E-state index is 12.3. The van der Waals surface area contributed by atoms with Crippen LogP contribution in [0.1, 0.15) is 42.6 Å².